The van der Waals surface area contributed by atoms with E-state index in [1.54, 1.807) is 7.11 Å². The van der Waals surface area contributed by atoms with Gasteiger partial charge in [-0.1, -0.05) is 30.5 Å². The van der Waals surface area contributed by atoms with Crippen LogP contribution < -0.4 is 10.5 Å². The van der Waals surface area contributed by atoms with Crippen molar-refractivity contribution >= 4 is 0 Å². The van der Waals surface area contributed by atoms with Crippen molar-refractivity contribution in [1.29, 1.82) is 0 Å². The molecule has 2 rings (SSSR count). The molecule has 1 aromatic rings. The Balaban J connectivity index is 2.44. The molecule has 0 amide bonds. The summed E-state index contributed by atoms with van der Waals surface area (Å²) in [5.74, 6) is 1.03. The van der Waals surface area contributed by atoms with E-state index < -0.39 is 0 Å². The molecule has 2 heteroatoms. The monoisotopic (exact) mass is 233 g/mol. The lowest BCUT2D eigenvalue weighted by Crippen LogP contribution is -2.26. The minimum atomic E-state index is 0.270. The normalized spacial score (nSPS) is 18.3. The third-order valence-corrected chi connectivity index (χ3v) is 4.11. The van der Waals surface area contributed by atoms with Crippen LogP contribution in [0.5, 0.6) is 5.75 Å². The molecule has 0 heterocycles. The van der Waals surface area contributed by atoms with Crippen molar-refractivity contribution in [3.63, 3.8) is 0 Å². The van der Waals surface area contributed by atoms with Gasteiger partial charge in [0.1, 0.15) is 5.75 Å². The Morgan fingerprint density at radius 3 is 2.59 bits per heavy atom. The van der Waals surface area contributed by atoms with Crippen LogP contribution in [0.15, 0.2) is 18.2 Å². The number of benzene rings is 1. The first-order valence-corrected chi connectivity index (χ1v) is 6.57. The van der Waals surface area contributed by atoms with Crippen LogP contribution in [-0.2, 0) is 5.41 Å². The molecule has 1 fully saturated rings. The minimum Gasteiger partial charge on any atom is -0.496 e. The number of nitrogens with two attached hydrogens (primary N) is 1. The molecule has 0 atom stereocenters. The summed E-state index contributed by atoms with van der Waals surface area (Å²) in [4.78, 5) is 0. The maximum absolute atomic E-state index is 5.82. The minimum absolute atomic E-state index is 0.270. The summed E-state index contributed by atoms with van der Waals surface area (Å²) in [5, 5.41) is 0. The molecular formula is C15H23NO. The zero-order valence-corrected chi connectivity index (χ0v) is 11.0. The maximum atomic E-state index is 5.82. The highest BCUT2D eigenvalue weighted by molar-refractivity contribution is 5.43. The Labute approximate surface area is 104 Å². The highest BCUT2D eigenvalue weighted by Crippen LogP contribution is 2.47. The predicted molar refractivity (Wildman–Crippen MR) is 71.5 cm³/mol. The van der Waals surface area contributed by atoms with Crippen LogP contribution in [0.1, 0.15) is 43.2 Å². The van der Waals surface area contributed by atoms with Crippen molar-refractivity contribution < 1.29 is 4.74 Å². The van der Waals surface area contributed by atoms with E-state index in [-0.39, 0.29) is 5.41 Å². The summed E-state index contributed by atoms with van der Waals surface area (Å²) in [7, 11) is 1.76. The molecule has 2 nitrogen and oxygen atoms in total. The van der Waals surface area contributed by atoms with Crippen molar-refractivity contribution in [3.05, 3.63) is 29.3 Å². The van der Waals surface area contributed by atoms with Crippen LogP contribution >= 0.6 is 0 Å². The lowest BCUT2D eigenvalue weighted by molar-refractivity contribution is 0.362. The second kappa shape index (κ2) is 5.09. The highest BCUT2D eigenvalue weighted by atomic mass is 16.5. The summed E-state index contributed by atoms with van der Waals surface area (Å²) in [5.41, 5.74) is 8.78. The van der Waals surface area contributed by atoms with Crippen molar-refractivity contribution in [2.45, 2.75) is 44.4 Å². The molecule has 0 aromatic heterocycles. The first kappa shape index (κ1) is 12.4. The Morgan fingerprint density at radius 2 is 2.00 bits per heavy atom. The van der Waals surface area contributed by atoms with E-state index in [1.165, 1.54) is 36.8 Å². The Bertz CT molecular complexity index is 381. The average molecular weight is 233 g/mol. The van der Waals surface area contributed by atoms with E-state index in [4.69, 9.17) is 10.5 Å². The lowest BCUT2D eigenvalue weighted by Gasteiger charge is -2.31. The van der Waals surface area contributed by atoms with Gasteiger partial charge in [0, 0.05) is 11.0 Å². The standard InChI is InChI=1S/C15H23NO/c1-12-5-6-14(17-2)13(11-12)15(9-10-16)7-3-4-8-15/h5-6,11H,3-4,7-10,16H2,1-2H3. The fraction of sp³-hybridized carbons (Fsp3) is 0.600. The van der Waals surface area contributed by atoms with Gasteiger partial charge >= 0.3 is 0 Å². The van der Waals surface area contributed by atoms with Crippen LogP contribution in [-0.4, -0.2) is 13.7 Å². The summed E-state index contributed by atoms with van der Waals surface area (Å²) in [6.07, 6.45) is 6.22. The summed E-state index contributed by atoms with van der Waals surface area (Å²) in [6.45, 7) is 2.91. The second-order valence-electron chi connectivity index (χ2n) is 5.23. The third kappa shape index (κ3) is 2.32. The first-order chi connectivity index (χ1) is 8.22. The van der Waals surface area contributed by atoms with Gasteiger partial charge in [-0.05, 0) is 38.8 Å². The first-order valence-electron chi connectivity index (χ1n) is 6.57. The Kier molecular flexibility index (Phi) is 3.72. The molecule has 1 saturated carbocycles. The smallest absolute Gasteiger partial charge is 0.122 e. The fourth-order valence-electron chi connectivity index (χ4n) is 3.22. The van der Waals surface area contributed by atoms with E-state index in [9.17, 15) is 0 Å². The summed E-state index contributed by atoms with van der Waals surface area (Å²) in [6, 6.07) is 6.51. The fourth-order valence-corrected chi connectivity index (χ4v) is 3.22. The van der Waals surface area contributed by atoms with Crippen LogP contribution in [0.3, 0.4) is 0 Å². The molecule has 0 aliphatic heterocycles. The molecule has 0 spiro atoms. The van der Waals surface area contributed by atoms with Gasteiger partial charge in [0.05, 0.1) is 7.11 Å². The van der Waals surface area contributed by atoms with Gasteiger partial charge in [0.2, 0.25) is 0 Å². The van der Waals surface area contributed by atoms with E-state index in [2.05, 4.69) is 25.1 Å². The van der Waals surface area contributed by atoms with Gasteiger partial charge in [-0.2, -0.15) is 0 Å². The van der Waals surface area contributed by atoms with E-state index in [0.29, 0.717) is 0 Å². The van der Waals surface area contributed by atoms with Crippen molar-refractivity contribution in [2.75, 3.05) is 13.7 Å². The molecule has 0 radical (unpaired) electrons. The molecule has 0 unspecified atom stereocenters. The van der Waals surface area contributed by atoms with Gasteiger partial charge in [-0.15, -0.1) is 0 Å². The Morgan fingerprint density at radius 1 is 1.29 bits per heavy atom. The molecule has 1 aromatic carbocycles. The summed E-state index contributed by atoms with van der Waals surface area (Å²) >= 11 is 0. The number of hydrogen-bond donors (Lipinski definition) is 1. The van der Waals surface area contributed by atoms with Crippen molar-refractivity contribution in [3.8, 4) is 5.75 Å². The van der Waals surface area contributed by atoms with Gasteiger partial charge in [0.15, 0.2) is 0 Å². The number of methoxy groups -OCH3 is 1. The molecule has 0 saturated heterocycles. The molecular weight excluding hydrogens is 210 g/mol. The third-order valence-electron chi connectivity index (χ3n) is 4.11. The second-order valence-corrected chi connectivity index (χ2v) is 5.23. The number of ether oxygens (including phenoxy) is 1. The van der Waals surface area contributed by atoms with Crippen LogP contribution in [0.25, 0.3) is 0 Å². The van der Waals surface area contributed by atoms with Crippen LogP contribution in [0, 0.1) is 6.92 Å². The zero-order chi connectivity index (χ0) is 12.3. The van der Waals surface area contributed by atoms with E-state index >= 15 is 0 Å². The zero-order valence-electron chi connectivity index (χ0n) is 11.0. The number of aryl methyl sites for hydroxylation is 1. The number of rotatable bonds is 4. The highest BCUT2D eigenvalue weighted by Gasteiger charge is 2.36. The van der Waals surface area contributed by atoms with Gasteiger partial charge in [-0.3, -0.25) is 0 Å². The van der Waals surface area contributed by atoms with Crippen molar-refractivity contribution in [1.82, 2.24) is 0 Å². The molecule has 0 bridgehead atoms. The molecule has 94 valence electrons. The van der Waals surface area contributed by atoms with Crippen LogP contribution in [0.2, 0.25) is 0 Å². The van der Waals surface area contributed by atoms with E-state index in [1.807, 2.05) is 0 Å². The quantitative estimate of drug-likeness (QED) is 0.867. The van der Waals surface area contributed by atoms with Gasteiger partial charge < -0.3 is 10.5 Å². The number of hydrogen-bond acceptors (Lipinski definition) is 2. The lowest BCUT2D eigenvalue weighted by atomic mass is 9.75. The molecule has 2 N–H and O–H groups in total. The Hall–Kier alpha value is -1.02. The van der Waals surface area contributed by atoms with Gasteiger partial charge in [0.25, 0.3) is 0 Å². The van der Waals surface area contributed by atoms with Crippen LogP contribution in [0.4, 0.5) is 0 Å². The van der Waals surface area contributed by atoms with Gasteiger partial charge in [-0.25, -0.2) is 0 Å². The average Bonchev–Trinajstić information content (AvgIpc) is 2.79. The molecule has 1 aliphatic rings. The molecule has 17 heavy (non-hydrogen) atoms. The SMILES string of the molecule is COc1ccc(C)cc1C1(CCN)CCCC1. The summed E-state index contributed by atoms with van der Waals surface area (Å²) < 4.78 is 5.54. The predicted octanol–water partition coefficient (Wildman–Crippen LogP) is 3.16. The maximum Gasteiger partial charge on any atom is 0.122 e. The van der Waals surface area contributed by atoms with Crippen molar-refractivity contribution in [2.24, 2.45) is 5.73 Å². The molecule has 1 aliphatic carbocycles. The van der Waals surface area contributed by atoms with E-state index in [0.717, 1.165) is 18.7 Å². The largest absolute Gasteiger partial charge is 0.496 e. The topological polar surface area (TPSA) is 35.2 Å².